The Morgan fingerprint density at radius 1 is 0.746 bits per heavy atom. The lowest BCUT2D eigenvalue weighted by atomic mass is 9.94. The molecular weight excluding hydrogens is 845 g/mol. The van der Waals surface area contributed by atoms with Crippen LogP contribution < -0.4 is 5.32 Å². The van der Waals surface area contributed by atoms with Crippen molar-refractivity contribution in [3.8, 4) is 0 Å². The third-order valence-electron chi connectivity index (χ3n) is 8.97. The highest BCUT2D eigenvalue weighted by Gasteiger charge is 2.58. The van der Waals surface area contributed by atoms with Gasteiger partial charge in [0.05, 0.1) is 19.3 Å². The van der Waals surface area contributed by atoms with Crippen LogP contribution in [-0.2, 0) is 73.2 Å². The molecule has 5 rings (SSSR count). The highest BCUT2D eigenvalue weighted by molar-refractivity contribution is 6.76. The monoisotopic (exact) mass is 883 g/mol. The number of carbonyl (C=O) groups excluding carboxylic acids is 6. The van der Waals surface area contributed by atoms with Crippen LogP contribution in [0.5, 0.6) is 0 Å². The number of aliphatic hydroxyl groups is 1. The van der Waals surface area contributed by atoms with E-state index in [-0.39, 0.29) is 12.2 Å². The van der Waals surface area contributed by atoms with E-state index in [1.165, 1.54) is 12.1 Å². The molecule has 0 spiro atoms. The average Bonchev–Trinajstić information content (AvgIpc) is 3.19. The summed E-state index contributed by atoms with van der Waals surface area (Å²) in [4.78, 5) is 76.6. The van der Waals surface area contributed by atoms with Crippen molar-refractivity contribution in [2.45, 2.75) is 92.5 Å². The fourth-order valence-corrected chi connectivity index (χ4v) is 6.58. The quantitative estimate of drug-likeness (QED) is 0.143. The number of rotatable bonds is 13. The van der Waals surface area contributed by atoms with Crippen molar-refractivity contribution >= 4 is 81.3 Å². The number of alkyl halides is 3. The minimum absolute atomic E-state index is 0.173. The molecule has 2 aliphatic heterocycles. The number of ether oxygens (including phenoxy) is 9. The zero-order chi connectivity index (χ0) is 43.0. The second-order valence-electron chi connectivity index (χ2n) is 13.3. The van der Waals surface area contributed by atoms with E-state index in [4.69, 9.17) is 77.4 Å². The Bertz CT molecular complexity index is 2000. The molecular formula is C39H40Cl3NO16. The van der Waals surface area contributed by atoms with Gasteiger partial charge in [-0.1, -0.05) is 89.4 Å². The normalized spacial score (nSPS) is 26.8. The lowest BCUT2D eigenvalue weighted by Gasteiger charge is -2.48. The van der Waals surface area contributed by atoms with Crippen LogP contribution in [0.1, 0.15) is 36.7 Å². The highest BCUT2D eigenvalue weighted by Crippen LogP contribution is 2.35. The number of esters is 5. The summed E-state index contributed by atoms with van der Waals surface area (Å²) >= 11 is 17.9. The number of halogens is 3. The second-order valence-corrected chi connectivity index (χ2v) is 15.5. The molecule has 3 aromatic carbocycles. The van der Waals surface area contributed by atoms with Gasteiger partial charge in [0.2, 0.25) is 0 Å². The number of hydrogen-bond donors (Lipinski definition) is 2. The van der Waals surface area contributed by atoms with Crippen molar-refractivity contribution in [1.29, 1.82) is 0 Å². The van der Waals surface area contributed by atoms with E-state index in [1.54, 1.807) is 24.3 Å². The van der Waals surface area contributed by atoms with Crippen LogP contribution in [0.2, 0.25) is 0 Å². The van der Waals surface area contributed by atoms with Gasteiger partial charge in [-0.15, -0.1) is 0 Å². The summed E-state index contributed by atoms with van der Waals surface area (Å²) in [7, 11) is 0.995. The third-order valence-corrected chi connectivity index (χ3v) is 9.49. The number of benzene rings is 3. The molecule has 0 aromatic heterocycles. The van der Waals surface area contributed by atoms with Crippen LogP contribution >= 0.6 is 34.8 Å². The van der Waals surface area contributed by atoms with Gasteiger partial charge >= 0.3 is 29.8 Å². The Morgan fingerprint density at radius 3 is 1.98 bits per heavy atom. The molecule has 2 heterocycles. The van der Waals surface area contributed by atoms with Gasteiger partial charge in [-0.05, 0) is 34.5 Å². The van der Waals surface area contributed by atoms with E-state index in [9.17, 15) is 33.9 Å². The smallest absolute Gasteiger partial charge is 0.339 e. The molecule has 59 heavy (non-hydrogen) atoms. The van der Waals surface area contributed by atoms with E-state index >= 15 is 0 Å². The largest absolute Gasteiger partial charge is 0.467 e. The van der Waals surface area contributed by atoms with Gasteiger partial charge in [-0.25, -0.2) is 9.59 Å². The molecule has 318 valence electrons. The summed E-state index contributed by atoms with van der Waals surface area (Å²) in [5.74, 6) is -6.04. The molecule has 0 bridgehead atoms. The summed E-state index contributed by atoms with van der Waals surface area (Å²) < 4.78 is 48.6. The lowest BCUT2D eigenvalue weighted by Crippen LogP contribution is -2.69. The summed E-state index contributed by atoms with van der Waals surface area (Å²) in [6, 6.07) is 19.3. The maximum atomic E-state index is 13.3. The maximum Gasteiger partial charge on any atom is 0.339 e. The van der Waals surface area contributed by atoms with Crippen LogP contribution in [0, 0.1) is 0 Å². The van der Waals surface area contributed by atoms with Crippen molar-refractivity contribution in [1.82, 2.24) is 5.32 Å². The van der Waals surface area contributed by atoms with Gasteiger partial charge < -0.3 is 53.1 Å². The van der Waals surface area contributed by atoms with Crippen molar-refractivity contribution in [2.75, 3.05) is 13.7 Å². The van der Waals surface area contributed by atoms with Crippen molar-refractivity contribution in [2.24, 2.45) is 0 Å². The molecule has 10 atom stereocenters. The molecule has 3 aromatic rings. The maximum absolute atomic E-state index is 13.3. The number of carbonyl (C=O) groups is 6. The highest BCUT2D eigenvalue weighted by atomic mass is 35.6. The Hall–Kier alpha value is -4.59. The molecule has 1 amide bonds. The molecule has 0 aliphatic carbocycles. The first-order chi connectivity index (χ1) is 28.0. The number of hydrogen-bond acceptors (Lipinski definition) is 16. The SMILES string of the molecule is COC(=O)[C@H]1O[C@@H](O[C@H]2[C@H](O)[C@@H](COC(=O)c3ccccc3)O[C@@H](OCc3ccc4ccccc4c3)[C@@H]2NC(=O)C(Cl)(Cl)Cl)[C@H](OC(C)=O)[C@@H](OC(C)=O)[C@@H]1OC(C)=O. The van der Waals surface area contributed by atoms with E-state index in [2.05, 4.69) is 5.32 Å². The first-order valence-corrected chi connectivity index (χ1v) is 19.0. The zero-order valence-electron chi connectivity index (χ0n) is 31.8. The van der Waals surface area contributed by atoms with Crippen LogP contribution in [0.3, 0.4) is 0 Å². The van der Waals surface area contributed by atoms with Gasteiger partial charge in [0.15, 0.2) is 37.0 Å². The number of fused-ring (bicyclic) bond motifs is 1. The minimum atomic E-state index is -2.59. The Balaban J connectivity index is 1.57. The molecule has 0 saturated carbocycles. The molecule has 20 heteroatoms. The molecule has 2 fully saturated rings. The summed E-state index contributed by atoms with van der Waals surface area (Å²) in [6.45, 7) is 2.20. The summed E-state index contributed by atoms with van der Waals surface area (Å²) in [5, 5.41) is 16.2. The van der Waals surface area contributed by atoms with Crippen molar-refractivity contribution < 1.29 is 76.5 Å². The van der Waals surface area contributed by atoms with Crippen molar-refractivity contribution in [3.05, 3.63) is 83.9 Å². The van der Waals surface area contributed by atoms with Crippen LogP contribution in [0.25, 0.3) is 10.8 Å². The number of aliphatic hydroxyl groups excluding tert-OH is 1. The topological polar surface area (TPSA) is 218 Å². The Morgan fingerprint density at radius 2 is 1.36 bits per heavy atom. The molecule has 0 radical (unpaired) electrons. The Labute approximate surface area is 352 Å². The first-order valence-electron chi connectivity index (χ1n) is 17.9. The van der Waals surface area contributed by atoms with Gasteiger partial charge in [-0.3, -0.25) is 19.2 Å². The van der Waals surface area contributed by atoms with Crippen molar-refractivity contribution in [3.63, 3.8) is 0 Å². The van der Waals surface area contributed by atoms with E-state index in [1.807, 2.05) is 36.4 Å². The van der Waals surface area contributed by atoms with Crippen LogP contribution in [0.4, 0.5) is 0 Å². The van der Waals surface area contributed by atoms with E-state index in [0.29, 0.717) is 5.56 Å². The van der Waals surface area contributed by atoms with Crippen LogP contribution in [0.15, 0.2) is 72.8 Å². The number of methoxy groups -OCH3 is 1. The minimum Gasteiger partial charge on any atom is -0.467 e. The molecule has 2 saturated heterocycles. The van der Waals surface area contributed by atoms with Gasteiger partial charge in [0.1, 0.15) is 31.0 Å². The molecule has 17 nitrogen and oxygen atoms in total. The van der Waals surface area contributed by atoms with Gasteiger partial charge in [0, 0.05) is 20.8 Å². The standard InChI is InChI=1S/C39H40Cl3NO16/c1-19(44)54-30-31(55-20(2)45)33(56-21(3)46)37(59-32(30)35(49)51-4)58-29-27(43-38(50)39(40,41)42)36(53-17-22-14-15-23-10-8-9-13-25(23)16-22)57-26(28(29)47)18-52-34(48)24-11-6-5-7-12-24/h5-16,26-33,36-37,47H,17-18H2,1-4H3,(H,43,50)/t26-,27-,28-,29-,30+,31+,32+,33-,36-,37-/m1/s1. The Kier molecular flexibility index (Phi) is 15.5. The molecule has 2 N–H and O–H groups in total. The summed E-state index contributed by atoms with van der Waals surface area (Å²) in [5.41, 5.74) is 0.816. The lowest BCUT2D eigenvalue weighted by molar-refractivity contribution is -0.343. The number of nitrogens with one attached hydrogen (secondary N) is 1. The summed E-state index contributed by atoms with van der Waals surface area (Å²) in [6.07, 6.45) is -16.0. The fraction of sp³-hybridized carbons (Fsp3) is 0.436. The zero-order valence-corrected chi connectivity index (χ0v) is 34.1. The second kappa shape index (κ2) is 20.1. The van der Waals surface area contributed by atoms with Gasteiger partial charge in [0.25, 0.3) is 9.70 Å². The fourth-order valence-electron chi connectivity index (χ4n) is 6.41. The third kappa shape index (κ3) is 11.8. The van der Waals surface area contributed by atoms with E-state index < -0.39 is 108 Å². The first kappa shape index (κ1) is 45.5. The van der Waals surface area contributed by atoms with E-state index in [0.717, 1.165) is 38.7 Å². The van der Waals surface area contributed by atoms with Crippen LogP contribution in [-0.4, -0.2) is 120 Å². The van der Waals surface area contributed by atoms with Gasteiger partial charge in [-0.2, -0.15) is 0 Å². The molecule has 0 unspecified atom stereocenters. The predicted molar refractivity (Wildman–Crippen MR) is 205 cm³/mol. The number of amides is 1. The average molecular weight is 885 g/mol. The molecule has 2 aliphatic rings. The predicted octanol–water partition coefficient (Wildman–Crippen LogP) is 3.23.